The summed E-state index contributed by atoms with van der Waals surface area (Å²) in [6.07, 6.45) is -0.451. The fourth-order valence-corrected chi connectivity index (χ4v) is 3.11. The van der Waals surface area contributed by atoms with Crippen LogP contribution in [0.25, 0.3) is 0 Å². The number of likely N-dealkylation sites (N-methyl/N-ethyl adjacent to an activating group) is 1. The average molecular weight is 308 g/mol. The molecule has 1 N–H and O–H groups in total. The Morgan fingerprint density at radius 3 is 2.55 bits per heavy atom. The van der Waals surface area contributed by atoms with Crippen molar-refractivity contribution in [1.82, 2.24) is 0 Å². The molecule has 1 fully saturated rings. The van der Waals surface area contributed by atoms with Crippen LogP contribution in [0.5, 0.6) is 5.75 Å². The van der Waals surface area contributed by atoms with Gasteiger partial charge in [0.05, 0.1) is 20.3 Å². The third kappa shape index (κ3) is 4.70. The van der Waals surface area contributed by atoms with E-state index >= 15 is 0 Å². The maximum absolute atomic E-state index is 10.3. The molecule has 1 aliphatic rings. The van der Waals surface area contributed by atoms with Gasteiger partial charge in [0.2, 0.25) is 0 Å². The first kappa shape index (κ1) is 17.3. The molecule has 1 saturated heterocycles. The first-order valence-electron chi connectivity index (χ1n) is 8.22. The maximum atomic E-state index is 10.3. The second-order valence-electron chi connectivity index (χ2n) is 7.00. The van der Waals surface area contributed by atoms with E-state index < -0.39 is 6.10 Å². The lowest BCUT2D eigenvalue weighted by molar-refractivity contribution is -0.919. The molecule has 1 atom stereocenters. The molecule has 0 aliphatic carbocycles. The summed E-state index contributed by atoms with van der Waals surface area (Å²) in [6, 6.07) is 6.19. The van der Waals surface area contributed by atoms with Gasteiger partial charge >= 0.3 is 0 Å². The number of rotatable bonds is 6. The molecule has 1 aromatic carbocycles. The van der Waals surface area contributed by atoms with E-state index in [0.29, 0.717) is 19.1 Å². The van der Waals surface area contributed by atoms with Crippen molar-refractivity contribution in [1.29, 1.82) is 0 Å². The molecule has 1 aliphatic heterocycles. The predicted octanol–water partition coefficient (Wildman–Crippen LogP) is 2.33. The minimum absolute atomic E-state index is 0.342. The van der Waals surface area contributed by atoms with Crippen molar-refractivity contribution in [3.05, 3.63) is 29.3 Å². The van der Waals surface area contributed by atoms with Crippen LogP contribution in [0.4, 0.5) is 0 Å². The number of morpholine rings is 1. The summed E-state index contributed by atoms with van der Waals surface area (Å²) in [5.74, 6) is 1.36. The third-order valence-corrected chi connectivity index (χ3v) is 4.51. The van der Waals surface area contributed by atoms with Gasteiger partial charge in [-0.05, 0) is 36.1 Å². The highest BCUT2D eigenvalue weighted by molar-refractivity contribution is 5.36. The van der Waals surface area contributed by atoms with E-state index in [2.05, 4.69) is 40.0 Å². The van der Waals surface area contributed by atoms with Crippen LogP contribution in [-0.4, -0.2) is 62.2 Å². The molecule has 0 radical (unpaired) electrons. The lowest BCUT2D eigenvalue weighted by Gasteiger charge is -2.38. The Labute approximate surface area is 134 Å². The Hall–Kier alpha value is -1.10. The van der Waals surface area contributed by atoms with Gasteiger partial charge in [0.25, 0.3) is 0 Å². The van der Waals surface area contributed by atoms with Crippen LogP contribution in [0, 0.1) is 6.92 Å². The maximum Gasteiger partial charge on any atom is 0.137 e. The lowest BCUT2D eigenvalue weighted by atomic mass is 9.98. The Morgan fingerprint density at radius 1 is 1.27 bits per heavy atom. The summed E-state index contributed by atoms with van der Waals surface area (Å²) in [5, 5.41) is 10.3. The summed E-state index contributed by atoms with van der Waals surface area (Å²) < 4.78 is 12.0. The largest absolute Gasteiger partial charge is 0.491 e. The molecule has 0 aromatic heterocycles. The smallest absolute Gasteiger partial charge is 0.137 e. The quantitative estimate of drug-likeness (QED) is 0.820. The van der Waals surface area contributed by atoms with E-state index in [-0.39, 0.29) is 0 Å². The van der Waals surface area contributed by atoms with Crippen molar-refractivity contribution >= 4 is 0 Å². The normalized spacial score (nSPS) is 19.2. The van der Waals surface area contributed by atoms with E-state index in [1.165, 1.54) is 11.1 Å². The van der Waals surface area contributed by atoms with Crippen LogP contribution in [-0.2, 0) is 4.74 Å². The van der Waals surface area contributed by atoms with E-state index in [1.807, 2.05) is 6.07 Å². The summed E-state index contributed by atoms with van der Waals surface area (Å²) in [5.41, 5.74) is 2.59. The van der Waals surface area contributed by atoms with Crippen molar-refractivity contribution < 1.29 is 19.1 Å². The molecule has 22 heavy (non-hydrogen) atoms. The first-order valence-corrected chi connectivity index (χ1v) is 8.22. The van der Waals surface area contributed by atoms with Gasteiger partial charge in [0.1, 0.15) is 38.1 Å². The highest BCUT2D eigenvalue weighted by Gasteiger charge is 2.28. The Morgan fingerprint density at radius 2 is 1.95 bits per heavy atom. The van der Waals surface area contributed by atoms with Crippen molar-refractivity contribution in [2.45, 2.75) is 32.8 Å². The molecule has 124 valence electrons. The van der Waals surface area contributed by atoms with Gasteiger partial charge in [-0.15, -0.1) is 0 Å². The molecule has 0 amide bonds. The summed E-state index contributed by atoms with van der Waals surface area (Å²) >= 11 is 0. The van der Waals surface area contributed by atoms with Gasteiger partial charge in [-0.1, -0.05) is 19.9 Å². The number of ether oxygens (including phenoxy) is 2. The SMILES string of the molecule is Cc1cc(OCC(O)C[N+]2(C)CCOCC2)ccc1C(C)C. The van der Waals surface area contributed by atoms with Gasteiger partial charge in [0.15, 0.2) is 0 Å². The van der Waals surface area contributed by atoms with Gasteiger partial charge < -0.3 is 19.1 Å². The summed E-state index contributed by atoms with van der Waals surface area (Å²) in [4.78, 5) is 0. The monoisotopic (exact) mass is 308 g/mol. The molecule has 1 unspecified atom stereocenters. The molecule has 0 spiro atoms. The van der Waals surface area contributed by atoms with E-state index in [1.54, 1.807) is 0 Å². The number of nitrogens with zero attached hydrogens (tertiary/aromatic N) is 1. The zero-order chi connectivity index (χ0) is 16.2. The molecule has 4 heteroatoms. The van der Waals surface area contributed by atoms with Gasteiger partial charge in [-0.25, -0.2) is 0 Å². The predicted molar refractivity (Wildman–Crippen MR) is 88.4 cm³/mol. The molecular weight excluding hydrogens is 278 g/mol. The second-order valence-corrected chi connectivity index (χ2v) is 7.00. The van der Waals surface area contributed by atoms with Crippen molar-refractivity contribution in [2.24, 2.45) is 0 Å². The Balaban J connectivity index is 1.85. The number of hydrogen-bond acceptors (Lipinski definition) is 3. The van der Waals surface area contributed by atoms with Crippen LogP contribution in [0.2, 0.25) is 0 Å². The van der Waals surface area contributed by atoms with Crippen molar-refractivity contribution in [3.63, 3.8) is 0 Å². The van der Waals surface area contributed by atoms with Crippen LogP contribution in [0.15, 0.2) is 18.2 Å². The summed E-state index contributed by atoms with van der Waals surface area (Å²) in [6.45, 7) is 11.0. The van der Waals surface area contributed by atoms with Crippen LogP contribution < -0.4 is 4.74 Å². The topological polar surface area (TPSA) is 38.7 Å². The molecule has 4 nitrogen and oxygen atoms in total. The second kappa shape index (κ2) is 7.44. The number of benzene rings is 1. The highest BCUT2D eigenvalue weighted by atomic mass is 16.5. The van der Waals surface area contributed by atoms with Crippen LogP contribution in [0.3, 0.4) is 0 Å². The van der Waals surface area contributed by atoms with Crippen LogP contribution in [0.1, 0.15) is 30.9 Å². The molecule has 1 aromatic rings. The highest BCUT2D eigenvalue weighted by Crippen LogP contribution is 2.23. The number of aliphatic hydroxyl groups excluding tert-OH is 1. The minimum atomic E-state index is -0.451. The average Bonchev–Trinajstić information content (AvgIpc) is 2.45. The fraction of sp³-hybridized carbons (Fsp3) is 0.667. The van der Waals surface area contributed by atoms with Crippen molar-refractivity contribution in [2.75, 3.05) is 46.5 Å². The standard InChI is InChI=1S/C18H30NO3/c1-14(2)18-6-5-17(11-15(18)3)22-13-16(20)12-19(4)7-9-21-10-8-19/h5-6,11,14,16,20H,7-10,12-13H2,1-4H3/q+1. The number of hydrogen-bond donors (Lipinski definition) is 1. The molecular formula is C18H30NO3+. The molecule has 0 saturated carbocycles. The number of aliphatic hydroxyl groups is 1. The third-order valence-electron chi connectivity index (χ3n) is 4.51. The molecule has 1 heterocycles. The molecule has 0 bridgehead atoms. The fourth-order valence-electron chi connectivity index (χ4n) is 3.11. The van der Waals surface area contributed by atoms with E-state index in [0.717, 1.165) is 36.5 Å². The minimum Gasteiger partial charge on any atom is -0.491 e. The Kier molecular flexibility index (Phi) is 5.84. The number of aryl methyl sites for hydroxylation is 1. The first-order chi connectivity index (χ1) is 10.4. The summed E-state index contributed by atoms with van der Waals surface area (Å²) in [7, 11) is 2.17. The van der Waals surface area contributed by atoms with E-state index in [4.69, 9.17) is 9.47 Å². The van der Waals surface area contributed by atoms with Gasteiger partial charge in [0, 0.05) is 0 Å². The van der Waals surface area contributed by atoms with E-state index in [9.17, 15) is 5.11 Å². The Bertz CT molecular complexity index is 481. The zero-order valence-corrected chi connectivity index (χ0v) is 14.3. The number of quaternary nitrogens is 1. The lowest BCUT2D eigenvalue weighted by Crippen LogP contribution is -2.56. The molecule has 2 rings (SSSR count). The van der Waals surface area contributed by atoms with Crippen LogP contribution >= 0.6 is 0 Å². The zero-order valence-electron chi connectivity index (χ0n) is 14.3. The van der Waals surface area contributed by atoms with Gasteiger partial charge in [-0.2, -0.15) is 0 Å². The van der Waals surface area contributed by atoms with Crippen molar-refractivity contribution in [3.8, 4) is 5.75 Å². The van der Waals surface area contributed by atoms with Gasteiger partial charge in [-0.3, -0.25) is 0 Å².